The minimum Gasteiger partial charge on any atom is -0.366 e. The Balaban J connectivity index is 1.84. The molecule has 0 aromatic heterocycles. The van der Waals surface area contributed by atoms with Crippen LogP contribution in [-0.4, -0.2) is 37.6 Å². The molecule has 2 aromatic carbocycles. The highest BCUT2D eigenvalue weighted by Crippen LogP contribution is 2.26. The number of sulfonamides is 1. The van der Waals surface area contributed by atoms with E-state index in [4.69, 9.17) is 17.3 Å². The first-order chi connectivity index (χ1) is 13.3. The van der Waals surface area contributed by atoms with E-state index in [9.17, 15) is 18.0 Å². The molecule has 0 saturated carbocycles. The van der Waals surface area contributed by atoms with Gasteiger partial charge in [0, 0.05) is 24.3 Å². The normalized spacial score (nSPS) is 15.2. The second-order valence-electron chi connectivity index (χ2n) is 6.50. The summed E-state index contributed by atoms with van der Waals surface area (Å²) in [5.74, 6) is -1.12. The number of rotatable bonds is 5. The second kappa shape index (κ2) is 8.30. The molecule has 0 aliphatic carbocycles. The molecular weight excluding hydrogens is 402 g/mol. The summed E-state index contributed by atoms with van der Waals surface area (Å²) in [5, 5.41) is 2.78. The zero-order chi connectivity index (χ0) is 20.3. The molecule has 2 aromatic rings. The van der Waals surface area contributed by atoms with Gasteiger partial charge in [-0.05, 0) is 55.3 Å². The number of carbonyl (C=O) groups is 2. The molecule has 148 valence electrons. The predicted octanol–water partition coefficient (Wildman–Crippen LogP) is 2.87. The summed E-state index contributed by atoms with van der Waals surface area (Å²) in [4.78, 5) is 23.8. The van der Waals surface area contributed by atoms with Crippen LogP contribution in [0.2, 0.25) is 5.02 Å². The van der Waals surface area contributed by atoms with Crippen molar-refractivity contribution in [3.63, 3.8) is 0 Å². The number of nitrogens with two attached hydrogens (primary N) is 1. The minimum atomic E-state index is -3.68. The third kappa shape index (κ3) is 4.35. The Labute approximate surface area is 168 Å². The van der Waals surface area contributed by atoms with Crippen LogP contribution in [0, 0.1) is 0 Å². The molecule has 0 radical (unpaired) electrons. The topological polar surface area (TPSA) is 110 Å². The fourth-order valence-corrected chi connectivity index (χ4v) is 4.76. The molecule has 2 amide bonds. The molecule has 0 unspecified atom stereocenters. The summed E-state index contributed by atoms with van der Waals surface area (Å²) in [5.41, 5.74) is 5.98. The number of hydrogen-bond acceptors (Lipinski definition) is 4. The molecule has 0 bridgehead atoms. The van der Waals surface area contributed by atoms with Crippen molar-refractivity contribution in [3.8, 4) is 0 Å². The number of hydrogen-bond donors (Lipinski definition) is 2. The molecule has 1 heterocycles. The largest absolute Gasteiger partial charge is 0.366 e. The fraction of sp³-hybridized carbons (Fsp3) is 0.263. The van der Waals surface area contributed by atoms with Gasteiger partial charge in [0.2, 0.25) is 15.9 Å². The fourth-order valence-electron chi connectivity index (χ4n) is 3.01. The van der Waals surface area contributed by atoms with E-state index in [1.54, 1.807) is 0 Å². The first-order valence-corrected chi connectivity index (χ1v) is 10.6. The van der Waals surface area contributed by atoms with Gasteiger partial charge in [-0.15, -0.1) is 0 Å². The van der Waals surface area contributed by atoms with E-state index in [0.29, 0.717) is 24.3 Å². The van der Waals surface area contributed by atoms with E-state index in [1.807, 2.05) is 0 Å². The molecule has 0 atom stereocenters. The minimum absolute atomic E-state index is 0.0352. The van der Waals surface area contributed by atoms with Crippen molar-refractivity contribution in [1.82, 2.24) is 4.31 Å². The van der Waals surface area contributed by atoms with Gasteiger partial charge in [0.05, 0.1) is 15.5 Å². The van der Waals surface area contributed by atoms with Crippen molar-refractivity contribution >= 4 is 39.1 Å². The Bertz CT molecular complexity index is 1000. The van der Waals surface area contributed by atoms with Gasteiger partial charge in [-0.2, -0.15) is 4.31 Å². The quantitative estimate of drug-likeness (QED) is 0.773. The molecule has 1 aliphatic heterocycles. The molecule has 9 heteroatoms. The highest BCUT2D eigenvalue weighted by Gasteiger charge is 2.27. The summed E-state index contributed by atoms with van der Waals surface area (Å²) in [7, 11) is -3.68. The van der Waals surface area contributed by atoms with Crippen molar-refractivity contribution in [3.05, 3.63) is 58.6 Å². The van der Waals surface area contributed by atoms with Crippen LogP contribution in [-0.2, 0) is 10.0 Å². The van der Waals surface area contributed by atoms with Crippen LogP contribution >= 0.6 is 11.6 Å². The van der Waals surface area contributed by atoms with Crippen LogP contribution in [0.5, 0.6) is 0 Å². The maximum Gasteiger partial charge on any atom is 0.257 e. The smallest absolute Gasteiger partial charge is 0.257 e. The Morgan fingerprint density at radius 3 is 2.25 bits per heavy atom. The molecular formula is C19H20ClN3O4S. The number of amides is 2. The van der Waals surface area contributed by atoms with Crippen molar-refractivity contribution in [2.75, 3.05) is 18.4 Å². The Kier molecular flexibility index (Phi) is 6.02. The zero-order valence-corrected chi connectivity index (χ0v) is 16.6. The van der Waals surface area contributed by atoms with Gasteiger partial charge in [0.15, 0.2) is 0 Å². The summed E-state index contributed by atoms with van der Waals surface area (Å²) in [6, 6.07) is 10.1. The van der Waals surface area contributed by atoms with Gasteiger partial charge in [0.1, 0.15) is 0 Å². The van der Waals surface area contributed by atoms with E-state index in [-0.39, 0.29) is 15.5 Å². The molecule has 1 fully saturated rings. The summed E-state index contributed by atoms with van der Waals surface area (Å²) >= 11 is 6.13. The molecule has 3 N–H and O–H groups in total. The highest BCUT2D eigenvalue weighted by atomic mass is 35.5. The lowest BCUT2D eigenvalue weighted by molar-refractivity contribution is 0.0998. The zero-order valence-electron chi connectivity index (χ0n) is 15.0. The summed E-state index contributed by atoms with van der Waals surface area (Å²) in [6.07, 6.45) is 2.65. The van der Waals surface area contributed by atoms with Crippen LogP contribution < -0.4 is 11.1 Å². The Hall–Kier alpha value is -2.42. The molecule has 1 aliphatic rings. The molecule has 7 nitrogen and oxygen atoms in total. The van der Waals surface area contributed by atoms with Gasteiger partial charge in [-0.25, -0.2) is 8.42 Å². The SMILES string of the molecule is NC(=O)c1ccc(NC(=O)c2cc(S(=O)(=O)N3CCCCC3)ccc2Cl)cc1. The third-order valence-electron chi connectivity index (χ3n) is 4.56. The van der Waals surface area contributed by atoms with Crippen LogP contribution in [0.1, 0.15) is 40.0 Å². The maximum atomic E-state index is 12.8. The number of nitrogens with one attached hydrogen (secondary N) is 1. The number of benzene rings is 2. The number of primary amides is 1. The number of piperidine rings is 1. The monoisotopic (exact) mass is 421 g/mol. The first-order valence-electron chi connectivity index (χ1n) is 8.80. The van der Waals surface area contributed by atoms with Crippen LogP contribution in [0.15, 0.2) is 47.4 Å². The predicted molar refractivity (Wildman–Crippen MR) is 107 cm³/mol. The summed E-state index contributed by atoms with van der Waals surface area (Å²) in [6.45, 7) is 0.942. The van der Waals surface area contributed by atoms with Gasteiger partial charge in [0.25, 0.3) is 5.91 Å². The van der Waals surface area contributed by atoms with Crippen LogP contribution in [0.25, 0.3) is 0 Å². The van der Waals surface area contributed by atoms with Crippen molar-refractivity contribution in [2.24, 2.45) is 5.73 Å². The Morgan fingerprint density at radius 1 is 1.00 bits per heavy atom. The average Bonchev–Trinajstić information content (AvgIpc) is 2.69. The van der Waals surface area contributed by atoms with Gasteiger partial charge in [-0.3, -0.25) is 9.59 Å². The van der Waals surface area contributed by atoms with Crippen LogP contribution in [0.3, 0.4) is 0 Å². The number of halogens is 1. The third-order valence-corrected chi connectivity index (χ3v) is 6.79. The number of carbonyl (C=O) groups excluding carboxylic acids is 2. The lowest BCUT2D eigenvalue weighted by Crippen LogP contribution is -2.35. The van der Waals surface area contributed by atoms with E-state index in [1.165, 1.54) is 46.8 Å². The van der Waals surface area contributed by atoms with Gasteiger partial charge in [-0.1, -0.05) is 18.0 Å². The van der Waals surface area contributed by atoms with Crippen molar-refractivity contribution in [1.29, 1.82) is 0 Å². The first kappa shape index (κ1) is 20.3. The average molecular weight is 422 g/mol. The lowest BCUT2D eigenvalue weighted by Gasteiger charge is -2.26. The number of nitrogens with zero attached hydrogens (tertiary/aromatic N) is 1. The summed E-state index contributed by atoms with van der Waals surface area (Å²) < 4.78 is 27.1. The lowest BCUT2D eigenvalue weighted by atomic mass is 10.1. The number of anilines is 1. The molecule has 1 saturated heterocycles. The van der Waals surface area contributed by atoms with Crippen molar-refractivity contribution in [2.45, 2.75) is 24.2 Å². The van der Waals surface area contributed by atoms with Crippen molar-refractivity contribution < 1.29 is 18.0 Å². The van der Waals surface area contributed by atoms with E-state index >= 15 is 0 Å². The van der Waals surface area contributed by atoms with E-state index in [2.05, 4.69) is 5.32 Å². The molecule has 28 heavy (non-hydrogen) atoms. The molecule has 3 rings (SSSR count). The van der Waals surface area contributed by atoms with E-state index in [0.717, 1.165) is 19.3 Å². The van der Waals surface area contributed by atoms with Gasteiger partial charge < -0.3 is 11.1 Å². The van der Waals surface area contributed by atoms with Crippen LogP contribution in [0.4, 0.5) is 5.69 Å². The van der Waals surface area contributed by atoms with Gasteiger partial charge >= 0.3 is 0 Å². The second-order valence-corrected chi connectivity index (χ2v) is 8.85. The highest BCUT2D eigenvalue weighted by molar-refractivity contribution is 7.89. The van der Waals surface area contributed by atoms with E-state index < -0.39 is 21.8 Å². The maximum absolute atomic E-state index is 12.8. The molecule has 0 spiro atoms. The standard InChI is InChI=1S/C19H20ClN3O4S/c20-17-9-8-15(28(26,27)23-10-2-1-3-11-23)12-16(17)19(25)22-14-6-4-13(5-7-14)18(21)24/h4-9,12H,1-3,10-11H2,(H2,21,24)(H,22,25). The Morgan fingerprint density at radius 2 is 1.64 bits per heavy atom.